The van der Waals surface area contributed by atoms with Gasteiger partial charge in [0.2, 0.25) is 0 Å². The third-order valence-corrected chi connectivity index (χ3v) is 0. The van der Waals surface area contributed by atoms with Crippen molar-refractivity contribution in [3.05, 3.63) is 0 Å². The predicted octanol–water partition coefficient (Wildman–Crippen LogP) is -0.0154. The third-order valence-electron chi connectivity index (χ3n) is 0. The molecule has 0 aliphatic heterocycles. The maximum Gasteiger partial charge on any atom is 0.0402 e. The number of aliphatic hydroxyl groups is 11. The molecule has 0 unspecified atom stereocenters. The predicted molar refractivity (Wildman–Crippen MR) is 140 cm³/mol. The van der Waals surface area contributed by atoms with E-state index in [0.717, 1.165) is 0 Å². The van der Waals surface area contributed by atoms with E-state index in [1.807, 2.05) is 0 Å². The Morgan fingerprint density at radius 3 is 0.182 bits per heavy atom. The summed E-state index contributed by atoms with van der Waals surface area (Å²) in [5, 5.41) is 83.3. The van der Waals surface area contributed by atoms with Gasteiger partial charge in [0.15, 0.2) is 0 Å². The minimum absolute atomic E-state index is 0.250. The summed E-state index contributed by atoms with van der Waals surface area (Å²) in [6.07, 6.45) is 0. The summed E-state index contributed by atoms with van der Waals surface area (Å²) in [5.41, 5.74) is 0. The van der Waals surface area contributed by atoms with E-state index in [4.69, 9.17) is 56.2 Å². The number of aliphatic hydroxyl groups excluding tert-OH is 11. The van der Waals surface area contributed by atoms with Crippen molar-refractivity contribution in [2.75, 3.05) is 72.7 Å². The van der Waals surface area contributed by atoms with E-state index < -0.39 is 0 Å². The second kappa shape index (κ2) is 264. The molecule has 0 atom stereocenters. The zero-order chi connectivity index (χ0) is 29.8. The highest BCUT2D eigenvalue weighted by molar-refractivity contribution is 3.86. The summed E-state index contributed by atoms with van der Waals surface area (Å²) in [6.45, 7) is 21.2. The van der Waals surface area contributed by atoms with Gasteiger partial charge >= 0.3 is 0 Å². The normalized spacial score (nSPS) is 6.00. The smallest absolute Gasteiger partial charge is 0.0402 e. The molecule has 0 rings (SSSR count). The van der Waals surface area contributed by atoms with Crippen LogP contribution >= 0.6 is 0 Å². The highest BCUT2D eigenvalue weighted by Gasteiger charge is 1.37. The minimum atomic E-state index is 0.250. The molecule has 0 aliphatic rings. The fraction of sp³-hybridized carbons (Fsp3) is 1.00. The lowest BCUT2D eigenvalue weighted by Gasteiger charge is -1.52. The summed E-state index contributed by atoms with van der Waals surface area (Å²) in [7, 11) is 0. The van der Waals surface area contributed by atoms with Crippen LogP contribution in [0.25, 0.3) is 0 Å². The molecule has 0 heterocycles. The van der Waals surface area contributed by atoms with Gasteiger partial charge in [-0.15, -0.1) is 0 Å². The van der Waals surface area contributed by atoms with Crippen molar-refractivity contribution < 1.29 is 56.2 Å². The van der Waals surface area contributed by atoms with Crippen LogP contribution in [-0.4, -0.2) is 129 Å². The van der Waals surface area contributed by atoms with E-state index in [-0.39, 0.29) is 72.7 Å². The summed E-state index contributed by atoms with van der Waals surface area (Å²) >= 11 is 0. The zero-order valence-corrected chi connectivity index (χ0v) is 23.7. The summed E-state index contributed by atoms with van der Waals surface area (Å²) in [6, 6.07) is 0. The molecule has 0 saturated heterocycles. The molecule has 0 fully saturated rings. The monoisotopic (exact) mass is 506 g/mol. The van der Waals surface area contributed by atoms with Gasteiger partial charge in [0.05, 0.1) is 0 Å². The fourth-order valence-electron chi connectivity index (χ4n) is 0. The summed E-state index contributed by atoms with van der Waals surface area (Å²) < 4.78 is 0. The van der Waals surface area contributed by atoms with Crippen molar-refractivity contribution in [2.45, 2.75) is 76.2 Å². The molecular formula is C22H66O11. The number of hydrogen-bond acceptors (Lipinski definition) is 11. The molecule has 11 N–H and O–H groups in total. The molecule has 0 aliphatic carbocycles. The summed E-state index contributed by atoms with van der Waals surface area (Å²) in [5.74, 6) is 0. The average Bonchev–Trinajstić information content (AvgIpc) is 2.68. The van der Waals surface area contributed by atoms with Crippen LogP contribution in [0.2, 0.25) is 0 Å². The van der Waals surface area contributed by atoms with Gasteiger partial charge in [0.1, 0.15) is 0 Å². The lowest BCUT2D eigenvalue weighted by atomic mass is 10.9. The van der Waals surface area contributed by atoms with Crippen molar-refractivity contribution >= 4 is 0 Å². The molecule has 0 aromatic heterocycles. The Morgan fingerprint density at radius 1 is 0.182 bits per heavy atom. The van der Waals surface area contributed by atoms with E-state index in [1.54, 1.807) is 76.2 Å². The van der Waals surface area contributed by atoms with Gasteiger partial charge in [-0.25, -0.2) is 0 Å². The molecule has 0 bridgehead atoms. The molecule has 0 aromatic carbocycles. The Kier molecular flexibility index (Phi) is 559. The maximum absolute atomic E-state index is 7.57. The lowest BCUT2D eigenvalue weighted by Crippen LogP contribution is -1.57. The number of rotatable bonds is 0. The second-order valence-corrected chi connectivity index (χ2v) is 3.48. The van der Waals surface area contributed by atoms with Gasteiger partial charge < -0.3 is 56.2 Å². The van der Waals surface area contributed by atoms with Crippen molar-refractivity contribution in [1.29, 1.82) is 0 Å². The molecule has 0 aromatic rings. The molecule has 11 nitrogen and oxygen atoms in total. The Balaban J connectivity index is -0.0000000179. The van der Waals surface area contributed by atoms with Crippen LogP contribution in [0.3, 0.4) is 0 Å². The maximum atomic E-state index is 7.57. The molecule has 0 spiro atoms. The first-order valence-electron chi connectivity index (χ1n) is 11.3. The van der Waals surface area contributed by atoms with Crippen molar-refractivity contribution in [3.8, 4) is 0 Å². The molecule has 33 heavy (non-hydrogen) atoms. The summed E-state index contributed by atoms with van der Waals surface area (Å²) in [4.78, 5) is 0. The molecular weight excluding hydrogens is 440 g/mol. The lowest BCUT2D eigenvalue weighted by molar-refractivity contribution is 0.318. The first-order chi connectivity index (χ1) is 15.6. The molecule has 0 radical (unpaired) electrons. The van der Waals surface area contributed by atoms with Crippen LogP contribution < -0.4 is 0 Å². The highest BCUT2D eigenvalue weighted by atomic mass is 16.3. The topological polar surface area (TPSA) is 223 Å². The largest absolute Gasteiger partial charge is 0.397 e. The van der Waals surface area contributed by atoms with Crippen LogP contribution in [0.1, 0.15) is 76.2 Å². The van der Waals surface area contributed by atoms with Gasteiger partial charge in [-0.3, -0.25) is 0 Å². The van der Waals surface area contributed by atoms with Crippen LogP contribution in [0.5, 0.6) is 0 Å². The SMILES string of the molecule is CCO.CCO.CCO.CCO.CCO.CCO.CCO.CCO.CCO.CCO.CCO. The average molecular weight is 507 g/mol. The first kappa shape index (κ1) is 69.8. The van der Waals surface area contributed by atoms with Crippen molar-refractivity contribution in [1.82, 2.24) is 0 Å². The van der Waals surface area contributed by atoms with Gasteiger partial charge in [0.25, 0.3) is 0 Å². The van der Waals surface area contributed by atoms with E-state index in [2.05, 4.69) is 0 Å². The quantitative estimate of drug-likeness (QED) is 0.209. The van der Waals surface area contributed by atoms with Crippen molar-refractivity contribution in [2.24, 2.45) is 0 Å². The van der Waals surface area contributed by atoms with Crippen LogP contribution in [0, 0.1) is 0 Å². The van der Waals surface area contributed by atoms with E-state index >= 15 is 0 Å². The fourth-order valence-corrected chi connectivity index (χ4v) is 0. The Bertz CT molecular complexity index is 68.4. The molecule has 0 saturated carbocycles. The molecule has 220 valence electrons. The van der Waals surface area contributed by atoms with E-state index in [1.165, 1.54) is 0 Å². The van der Waals surface area contributed by atoms with E-state index in [0.29, 0.717) is 0 Å². The van der Waals surface area contributed by atoms with Gasteiger partial charge in [-0.1, -0.05) is 0 Å². The standard InChI is InChI=1S/11C2H6O/c11*1-2-3/h11*3H,2H2,1H3. The third kappa shape index (κ3) is 142000. The Hall–Kier alpha value is -0.440. The van der Waals surface area contributed by atoms with Crippen LogP contribution in [0.15, 0.2) is 0 Å². The Labute approximate surface area is 205 Å². The molecule has 0 amide bonds. The molecule has 11 heteroatoms. The van der Waals surface area contributed by atoms with E-state index in [9.17, 15) is 0 Å². The van der Waals surface area contributed by atoms with Crippen molar-refractivity contribution in [3.63, 3.8) is 0 Å². The second-order valence-electron chi connectivity index (χ2n) is 3.48. The first-order valence-corrected chi connectivity index (χ1v) is 11.3. The number of hydrogen-bond donors (Lipinski definition) is 11. The highest BCUT2D eigenvalue weighted by Crippen LogP contribution is 1.33. The van der Waals surface area contributed by atoms with Crippen LogP contribution in [0.4, 0.5) is 0 Å². The van der Waals surface area contributed by atoms with Gasteiger partial charge in [-0.2, -0.15) is 0 Å². The van der Waals surface area contributed by atoms with Gasteiger partial charge in [-0.05, 0) is 76.2 Å². The Morgan fingerprint density at radius 2 is 0.182 bits per heavy atom. The minimum Gasteiger partial charge on any atom is -0.397 e. The van der Waals surface area contributed by atoms with Gasteiger partial charge in [0, 0.05) is 72.7 Å². The van der Waals surface area contributed by atoms with Crippen LogP contribution in [-0.2, 0) is 0 Å². The zero-order valence-electron chi connectivity index (χ0n) is 23.7.